The normalized spacial score (nSPS) is 29.5. The zero-order valence-corrected chi connectivity index (χ0v) is 37.9. The lowest BCUT2D eigenvalue weighted by molar-refractivity contribution is -0.345. The highest BCUT2D eigenvalue weighted by molar-refractivity contribution is 5.72. The first kappa shape index (κ1) is 48.3. The number of aromatic hydroxyl groups is 11. The molecule has 23 nitrogen and oxygen atoms in total. The van der Waals surface area contributed by atoms with Crippen molar-refractivity contribution in [2.75, 3.05) is 6.61 Å². The Morgan fingerprint density at radius 3 is 1.88 bits per heavy atom. The second-order valence-corrected chi connectivity index (χ2v) is 18.6. The number of aliphatic hydroxyl groups is 6. The van der Waals surface area contributed by atoms with Crippen molar-refractivity contribution in [2.24, 2.45) is 0 Å². The standard InChI is InChI=1S/C51H46O23/c52-15-33-41(65)43(67)44(68)50(69-33)72-49-39-34-27(60)10-18(53)11-31(34)73-51(49,17-5-7-22(55)26(59)9-17)74-32-14-29(62)36-38(42(66)45(70-48(36)37(32)39)16-4-6-21(54)25(58)8-16)35-28(61)13-24(57)20-12-30(63)46(71-47(20)35)19-2-1-3-23(56)40(19)64/h1-11,13-14,30,33,38-39,41-46,49-50,52-68H,12,15H2/t30-,33-,38+,39-,41+,42-,43+,44-,45-,46-,49-,50+,51+/m1/s1. The highest BCUT2D eigenvalue weighted by atomic mass is 16.8. The van der Waals surface area contributed by atoms with Gasteiger partial charge in [-0.2, -0.15) is 0 Å². The van der Waals surface area contributed by atoms with Gasteiger partial charge in [-0.05, 0) is 42.0 Å². The van der Waals surface area contributed by atoms with Crippen molar-refractivity contribution in [2.45, 2.75) is 85.3 Å². The van der Waals surface area contributed by atoms with Gasteiger partial charge in [0.05, 0.1) is 24.5 Å². The number of hydrogen-bond acceptors (Lipinski definition) is 23. The van der Waals surface area contributed by atoms with Crippen molar-refractivity contribution in [3.63, 3.8) is 0 Å². The molecule has 0 saturated carbocycles. The van der Waals surface area contributed by atoms with E-state index in [2.05, 4.69) is 0 Å². The minimum Gasteiger partial charge on any atom is -0.508 e. The van der Waals surface area contributed by atoms with E-state index < -0.39 is 161 Å². The molecule has 5 aliphatic rings. The lowest BCUT2D eigenvalue weighted by atomic mass is 9.71. The molecule has 0 aliphatic carbocycles. The first-order chi connectivity index (χ1) is 35.2. The van der Waals surface area contributed by atoms with Gasteiger partial charge in [-0.25, -0.2) is 0 Å². The number of phenols is 11. The lowest BCUT2D eigenvalue weighted by Crippen LogP contribution is -2.64. The average Bonchev–Trinajstić information content (AvgIpc) is 3.39. The van der Waals surface area contributed by atoms with Crippen LogP contribution in [-0.4, -0.2) is 142 Å². The highest BCUT2D eigenvalue weighted by Gasteiger charge is 2.64. The number of benzene rings is 6. The van der Waals surface area contributed by atoms with Gasteiger partial charge in [-0.15, -0.1) is 0 Å². The molecule has 23 heteroatoms. The molecule has 17 N–H and O–H groups in total. The van der Waals surface area contributed by atoms with Crippen LogP contribution in [0.2, 0.25) is 0 Å². The molecule has 1 fully saturated rings. The number of phenolic OH excluding ortho intramolecular Hbond substituents is 11. The number of aliphatic hydroxyl groups excluding tert-OH is 6. The molecule has 5 heterocycles. The smallest absolute Gasteiger partial charge is 0.305 e. The van der Waals surface area contributed by atoms with Gasteiger partial charge in [0.15, 0.2) is 59.1 Å². The maximum atomic E-state index is 12.8. The quantitative estimate of drug-likeness (QED) is 0.102. The second kappa shape index (κ2) is 17.3. The summed E-state index contributed by atoms with van der Waals surface area (Å²) >= 11 is 0. The minimum absolute atomic E-state index is 0.0495. The summed E-state index contributed by atoms with van der Waals surface area (Å²) in [6.45, 7) is -0.903. The summed E-state index contributed by atoms with van der Waals surface area (Å²) in [5, 5.41) is 190. The maximum absolute atomic E-state index is 12.8. The number of ether oxygens (including phenoxy) is 6. The van der Waals surface area contributed by atoms with Crippen LogP contribution in [0.3, 0.4) is 0 Å². The van der Waals surface area contributed by atoms with Gasteiger partial charge in [0.1, 0.15) is 82.3 Å². The summed E-state index contributed by atoms with van der Waals surface area (Å²) in [5.41, 5.74) is -1.65. The summed E-state index contributed by atoms with van der Waals surface area (Å²) in [7, 11) is 0. The van der Waals surface area contributed by atoms with E-state index in [4.69, 9.17) is 28.4 Å². The number of hydrogen-bond donors (Lipinski definition) is 17. The second-order valence-electron chi connectivity index (χ2n) is 18.6. The molecule has 6 aromatic carbocycles. The van der Waals surface area contributed by atoms with Crippen molar-refractivity contribution in [1.29, 1.82) is 0 Å². The summed E-state index contributed by atoms with van der Waals surface area (Å²) in [4.78, 5) is 0. The first-order valence-electron chi connectivity index (χ1n) is 22.8. The number of fused-ring (bicyclic) bond motifs is 9. The number of rotatable bonds is 7. The SMILES string of the molecule is OC[C@H]1O[C@@H](O[C@@H]2[C@@H]3c4c(O)cc(O)cc4O[C@@]2(c2ccc(O)c(O)c2)Oc2cc(O)c4c(c23)O[C@H](c2ccc(O)c(O)c2)[C@H](O)[C@H]4c2c(O)cc(O)c3c2O[C@H](c2cccc(O)c2O)[C@H](O)C3)[C@H](O)[C@@H](O)[C@H]1O. The van der Waals surface area contributed by atoms with E-state index in [-0.39, 0.29) is 61.8 Å². The van der Waals surface area contributed by atoms with E-state index in [0.29, 0.717) is 0 Å². The topological polar surface area (TPSA) is 399 Å². The number of para-hydroxylation sites is 1. The fourth-order valence-electron chi connectivity index (χ4n) is 10.8. The van der Waals surface area contributed by atoms with E-state index in [0.717, 1.165) is 48.5 Å². The maximum Gasteiger partial charge on any atom is 0.305 e. The van der Waals surface area contributed by atoms with Crippen molar-refractivity contribution in [1.82, 2.24) is 0 Å². The predicted molar refractivity (Wildman–Crippen MR) is 245 cm³/mol. The molecule has 0 unspecified atom stereocenters. The molecule has 5 aliphatic heterocycles. The van der Waals surface area contributed by atoms with Crippen LogP contribution in [0.1, 0.15) is 68.6 Å². The van der Waals surface area contributed by atoms with Gasteiger partial charge in [0.25, 0.3) is 0 Å². The summed E-state index contributed by atoms with van der Waals surface area (Å²) in [6, 6.07) is 14.5. The van der Waals surface area contributed by atoms with Crippen LogP contribution in [0.15, 0.2) is 78.9 Å². The van der Waals surface area contributed by atoms with Gasteiger partial charge in [-0.3, -0.25) is 0 Å². The third-order valence-electron chi connectivity index (χ3n) is 14.3. The van der Waals surface area contributed by atoms with E-state index in [1.54, 1.807) is 0 Å². The van der Waals surface area contributed by atoms with Crippen LogP contribution in [-0.2, 0) is 21.7 Å². The average molecular weight is 1030 g/mol. The Labute approximate surface area is 415 Å². The molecule has 0 aromatic heterocycles. The molecule has 0 spiro atoms. The van der Waals surface area contributed by atoms with Crippen LogP contribution in [0.4, 0.5) is 0 Å². The van der Waals surface area contributed by atoms with E-state index >= 15 is 0 Å². The Morgan fingerprint density at radius 2 is 1.18 bits per heavy atom. The third-order valence-corrected chi connectivity index (χ3v) is 14.3. The van der Waals surface area contributed by atoms with Crippen LogP contribution in [0, 0.1) is 0 Å². The molecule has 1 saturated heterocycles. The van der Waals surface area contributed by atoms with E-state index in [9.17, 15) is 86.8 Å². The Bertz CT molecular complexity index is 3250. The largest absolute Gasteiger partial charge is 0.508 e. The van der Waals surface area contributed by atoms with Crippen LogP contribution < -0.4 is 18.9 Å². The van der Waals surface area contributed by atoms with Crippen LogP contribution in [0.5, 0.6) is 86.2 Å². The fourth-order valence-corrected chi connectivity index (χ4v) is 10.8. The van der Waals surface area contributed by atoms with Gasteiger partial charge >= 0.3 is 5.79 Å². The van der Waals surface area contributed by atoms with E-state index in [1.165, 1.54) is 30.3 Å². The molecule has 388 valence electrons. The van der Waals surface area contributed by atoms with Crippen molar-refractivity contribution >= 4 is 0 Å². The highest BCUT2D eigenvalue weighted by Crippen LogP contribution is 2.66. The zero-order chi connectivity index (χ0) is 52.6. The summed E-state index contributed by atoms with van der Waals surface area (Å²) in [6.07, 6.45) is -18.6. The Kier molecular flexibility index (Phi) is 11.3. The van der Waals surface area contributed by atoms with Gasteiger partial charge in [-0.1, -0.05) is 18.2 Å². The molecule has 6 aromatic rings. The Balaban J connectivity index is 1.20. The molecule has 0 amide bonds. The van der Waals surface area contributed by atoms with Gasteiger partial charge in [0.2, 0.25) is 0 Å². The van der Waals surface area contributed by atoms with Crippen molar-refractivity contribution in [3.8, 4) is 86.2 Å². The van der Waals surface area contributed by atoms with Gasteiger partial charge < -0.3 is 115 Å². The zero-order valence-electron chi connectivity index (χ0n) is 37.9. The third kappa shape index (κ3) is 7.19. The molecular formula is C51H46O23. The fraction of sp³-hybridized carbons (Fsp3) is 0.294. The Morgan fingerprint density at radius 1 is 0.527 bits per heavy atom. The van der Waals surface area contributed by atoms with Crippen LogP contribution in [0.25, 0.3) is 0 Å². The molecule has 74 heavy (non-hydrogen) atoms. The summed E-state index contributed by atoms with van der Waals surface area (Å²) < 4.78 is 38.8. The van der Waals surface area contributed by atoms with Gasteiger partial charge in [0, 0.05) is 69.6 Å². The van der Waals surface area contributed by atoms with E-state index in [1.807, 2.05) is 0 Å². The Hall–Kier alpha value is -8.00. The predicted octanol–water partition coefficient (Wildman–Crippen LogP) is 2.07. The minimum atomic E-state index is -2.53. The van der Waals surface area contributed by atoms with Crippen molar-refractivity contribution in [3.05, 3.63) is 123 Å². The van der Waals surface area contributed by atoms with Crippen molar-refractivity contribution < 1.29 is 115 Å². The monoisotopic (exact) mass is 1030 g/mol. The summed E-state index contributed by atoms with van der Waals surface area (Å²) in [5.74, 6) is -14.7. The van der Waals surface area contributed by atoms with Crippen LogP contribution >= 0.6 is 0 Å². The molecule has 0 radical (unpaired) electrons. The first-order valence-corrected chi connectivity index (χ1v) is 22.8. The lowest BCUT2D eigenvalue weighted by Gasteiger charge is -2.53. The molecular weight excluding hydrogens is 981 g/mol. The molecule has 11 rings (SSSR count). The molecule has 13 atom stereocenters. The molecule has 2 bridgehead atoms.